The van der Waals surface area contributed by atoms with Gasteiger partial charge in [0.2, 0.25) is 0 Å². The molecule has 0 heterocycles. The normalized spacial score (nSPS) is 13.3. The molecule has 0 aliphatic heterocycles. The first kappa shape index (κ1) is 14.1. The van der Waals surface area contributed by atoms with Gasteiger partial charge in [-0.25, -0.2) is 0 Å². The molecule has 2 nitrogen and oxygen atoms in total. The van der Waals surface area contributed by atoms with Crippen LogP contribution in [0.2, 0.25) is 18.1 Å². The molecule has 0 atom stereocenters. The van der Waals surface area contributed by atoms with Gasteiger partial charge in [-0.3, -0.25) is 0 Å². The molecule has 0 radical (unpaired) electrons. The third-order valence-corrected chi connectivity index (χ3v) is 7.44. The van der Waals surface area contributed by atoms with Crippen molar-refractivity contribution in [2.75, 3.05) is 19.8 Å². The first-order chi connectivity index (χ1) is 6.31. The van der Waals surface area contributed by atoms with Gasteiger partial charge in [-0.15, -0.1) is 0 Å². The minimum Gasteiger partial charge on any atom is -0.417 e. The van der Waals surface area contributed by atoms with Crippen molar-refractivity contribution in [3.05, 3.63) is 0 Å². The Morgan fingerprint density at radius 3 is 2.07 bits per heavy atom. The molecule has 14 heavy (non-hydrogen) atoms. The second-order valence-corrected chi connectivity index (χ2v) is 9.97. The Morgan fingerprint density at radius 1 is 1.07 bits per heavy atom. The summed E-state index contributed by atoms with van der Waals surface area (Å²) in [5.74, 6) is 0. The third-order valence-electron chi connectivity index (χ3n) is 2.91. The minimum atomic E-state index is -1.52. The Hall–Kier alpha value is 0.137. The van der Waals surface area contributed by atoms with E-state index < -0.39 is 8.32 Å². The largest absolute Gasteiger partial charge is 0.417 e. The van der Waals surface area contributed by atoms with Crippen LogP contribution in [-0.4, -0.2) is 28.1 Å². The van der Waals surface area contributed by atoms with E-state index >= 15 is 0 Å². The van der Waals surface area contributed by atoms with Gasteiger partial charge in [-0.2, -0.15) is 0 Å². The molecule has 0 aliphatic carbocycles. The lowest BCUT2D eigenvalue weighted by Gasteiger charge is -2.36. The molecule has 0 saturated heterocycles. The van der Waals surface area contributed by atoms with Crippen molar-refractivity contribution in [3.63, 3.8) is 0 Å². The van der Waals surface area contributed by atoms with Gasteiger partial charge in [0.05, 0.1) is 0 Å². The van der Waals surface area contributed by atoms with Gasteiger partial charge in [0, 0.05) is 19.8 Å². The fraction of sp³-hybridized carbons (Fsp3) is 1.00. The Kier molecular flexibility index (Phi) is 5.94. The van der Waals surface area contributed by atoms with Crippen LogP contribution in [0.4, 0.5) is 0 Å². The summed E-state index contributed by atoms with van der Waals surface area (Å²) in [6.45, 7) is 15.9. The molecule has 0 spiro atoms. The van der Waals surface area contributed by atoms with E-state index in [0.717, 1.165) is 26.2 Å². The maximum absolute atomic E-state index is 6.00. The standard InChI is InChI=1S/C11H26O2Si/c1-7-12-9-8-10-13-14(5,6)11(2,3)4/h7-10H2,1-6H3. The third kappa shape index (κ3) is 5.13. The summed E-state index contributed by atoms with van der Waals surface area (Å²) >= 11 is 0. The van der Waals surface area contributed by atoms with Crippen molar-refractivity contribution >= 4 is 8.32 Å². The number of hydrogen-bond donors (Lipinski definition) is 0. The van der Waals surface area contributed by atoms with Gasteiger partial charge < -0.3 is 9.16 Å². The second-order valence-electron chi connectivity index (χ2n) is 5.16. The molecule has 0 N–H and O–H groups in total. The van der Waals surface area contributed by atoms with Gasteiger partial charge in [-0.1, -0.05) is 20.8 Å². The summed E-state index contributed by atoms with van der Waals surface area (Å²) in [4.78, 5) is 0. The van der Waals surface area contributed by atoms with Gasteiger partial charge in [-0.05, 0) is 31.5 Å². The Labute approximate surface area is 90.1 Å². The predicted molar refractivity (Wildman–Crippen MR) is 64.3 cm³/mol. The van der Waals surface area contributed by atoms with Crippen molar-refractivity contribution in [1.29, 1.82) is 0 Å². The van der Waals surface area contributed by atoms with E-state index in [1.54, 1.807) is 0 Å². The Bertz CT molecular complexity index is 150. The van der Waals surface area contributed by atoms with Gasteiger partial charge in [0.25, 0.3) is 0 Å². The van der Waals surface area contributed by atoms with Crippen molar-refractivity contribution in [3.8, 4) is 0 Å². The summed E-state index contributed by atoms with van der Waals surface area (Å²) in [5, 5.41) is 0.318. The second kappa shape index (κ2) is 5.88. The van der Waals surface area contributed by atoms with Crippen LogP contribution < -0.4 is 0 Å². The number of rotatable bonds is 6. The van der Waals surface area contributed by atoms with Crippen LogP contribution in [-0.2, 0) is 9.16 Å². The molecule has 0 rings (SSSR count). The van der Waals surface area contributed by atoms with E-state index in [-0.39, 0.29) is 0 Å². The molecular formula is C11H26O2Si. The molecule has 0 aromatic heterocycles. The topological polar surface area (TPSA) is 18.5 Å². The summed E-state index contributed by atoms with van der Waals surface area (Å²) in [5.41, 5.74) is 0. The van der Waals surface area contributed by atoms with E-state index in [1.165, 1.54) is 0 Å². The molecule has 0 aliphatic rings. The average molecular weight is 218 g/mol. The molecule has 0 aromatic carbocycles. The van der Waals surface area contributed by atoms with Crippen LogP contribution in [0.3, 0.4) is 0 Å². The first-order valence-electron chi connectivity index (χ1n) is 5.53. The fourth-order valence-electron chi connectivity index (χ4n) is 0.849. The van der Waals surface area contributed by atoms with E-state index in [2.05, 4.69) is 33.9 Å². The van der Waals surface area contributed by atoms with Crippen molar-refractivity contribution < 1.29 is 9.16 Å². The first-order valence-corrected chi connectivity index (χ1v) is 8.44. The molecule has 0 aromatic rings. The summed E-state index contributed by atoms with van der Waals surface area (Å²) in [6, 6.07) is 0. The van der Waals surface area contributed by atoms with Gasteiger partial charge in [0.1, 0.15) is 0 Å². The van der Waals surface area contributed by atoms with Crippen LogP contribution in [0.1, 0.15) is 34.1 Å². The SMILES string of the molecule is CCOCCCO[Si](C)(C)C(C)(C)C. The lowest BCUT2D eigenvalue weighted by molar-refractivity contribution is 0.128. The minimum absolute atomic E-state index is 0.318. The zero-order chi connectivity index (χ0) is 11.2. The maximum Gasteiger partial charge on any atom is 0.191 e. The van der Waals surface area contributed by atoms with Gasteiger partial charge >= 0.3 is 0 Å². The molecule has 0 fully saturated rings. The van der Waals surface area contributed by atoms with Crippen LogP contribution in [0.5, 0.6) is 0 Å². The molecule has 3 heteroatoms. The zero-order valence-electron chi connectivity index (χ0n) is 10.6. The number of ether oxygens (including phenoxy) is 1. The van der Waals surface area contributed by atoms with Crippen molar-refractivity contribution in [2.24, 2.45) is 0 Å². The maximum atomic E-state index is 6.00. The van der Waals surface area contributed by atoms with Crippen LogP contribution in [0.15, 0.2) is 0 Å². The van der Waals surface area contributed by atoms with Gasteiger partial charge in [0.15, 0.2) is 8.32 Å². The quantitative estimate of drug-likeness (QED) is 0.502. The summed E-state index contributed by atoms with van der Waals surface area (Å²) in [7, 11) is -1.52. The molecule has 0 bridgehead atoms. The average Bonchev–Trinajstić information content (AvgIpc) is 2.02. The fourth-order valence-corrected chi connectivity index (χ4v) is 1.94. The molecular weight excluding hydrogens is 192 g/mol. The molecule has 0 amide bonds. The molecule has 86 valence electrons. The molecule has 0 saturated carbocycles. The highest BCUT2D eigenvalue weighted by Gasteiger charge is 2.36. The van der Waals surface area contributed by atoms with E-state index in [1.807, 2.05) is 6.92 Å². The highest BCUT2D eigenvalue weighted by Crippen LogP contribution is 2.36. The lowest BCUT2D eigenvalue weighted by atomic mass is 10.2. The smallest absolute Gasteiger partial charge is 0.191 e. The van der Waals surface area contributed by atoms with E-state index in [0.29, 0.717) is 5.04 Å². The Balaban J connectivity index is 3.67. The highest BCUT2D eigenvalue weighted by molar-refractivity contribution is 6.74. The summed E-state index contributed by atoms with van der Waals surface area (Å²) in [6.07, 6.45) is 1.01. The van der Waals surface area contributed by atoms with E-state index in [9.17, 15) is 0 Å². The van der Waals surface area contributed by atoms with Crippen LogP contribution in [0, 0.1) is 0 Å². The van der Waals surface area contributed by atoms with Crippen LogP contribution in [0.25, 0.3) is 0 Å². The number of hydrogen-bond acceptors (Lipinski definition) is 2. The molecule has 0 unspecified atom stereocenters. The predicted octanol–water partition coefficient (Wildman–Crippen LogP) is 3.43. The van der Waals surface area contributed by atoms with Crippen molar-refractivity contribution in [1.82, 2.24) is 0 Å². The summed E-state index contributed by atoms with van der Waals surface area (Å²) < 4.78 is 11.3. The van der Waals surface area contributed by atoms with E-state index in [4.69, 9.17) is 9.16 Å². The zero-order valence-corrected chi connectivity index (χ0v) is 11.6. The van der Waals surface area contributed by atoms with Crippen LogP contribution >= 0.6 is 0 Å². The highest BCUT2D eigenvalue weighted by atomic mass is 28.4. The van der Waals surface area contributed by atoms with Crippen molar-refractivity contribution in [2.45, 2.75) is 52.2 Å². The lowest BCUT2D eigenvalue weighted by Crippen LogP contribution is -2.41. The Morgan fingerprint density at radius 2 is 1.64 bits per heavy atom. The monoisotopic (exact) mass is 218 g/mol.